The highest BCUT2D eigenvalue weighted by atomic mass is 32.1. The van der Waals surface area contributed by atoms with Gasteiger partial charge in [0, 0.05) is 31.9 Å². The molecule has 0 saturated carbocycles. The highest BCUT2D eigenvalue weighted by Gasteiger charge is 2.20. The molecule has 0 amide bonds. The highest BCUT2D eigenvalue weighted by molar-refractivity contribution is 7.80. The van der Waals surface area contributed by atoms with Gasteiger partial charge in [0.15, 0.2) is 5.11 Å². The molecule has 0 spiro atoms. The minimum absolute atomic E-state index is 0.381. The Balaban J connectivity index is 1.44. The van der Waals surface area contributed by atoms with E-state index in [0.29, 0.717) is 49.4 Å². The van der Waals surface area contributed by atoms with Crippen molar-refractivity contribution in [3.63, 3.8) is 0 Å². The Morgan fingerprint density at radius 3 is 1.97 bits per heavy atom. The Morgan fingerprint density at radius 2 is 1.45 bits per heavy atom. The lowest BCUT2D eigenvalue weighted by atomic mass is 10.3. The van der Waals surface area contributed by atoms with Crippen molar-refractivity contribution in [2.45, 2.75) is 0 Å². The first-order valence-corrected chi connectivity index (χ1v) is 10.5. The van der Waals surface area contributed by atoms with Gasteiger partial charge in [0.1, 0.15) is 5.75 Å². The van der Waals surface area contributed by atoms with E-state index in [-0.39, 0.29) is 0 Å². The third-order valence-corrected chi connectivity index (χ3v) is 5.04. The van der Waals surface area contributed by atoms with E-state index in [0.717, 1.165) is 37.6 Å². The van der Waals surface area contributed by atoms with Crippen LogP contribution in [-0.4, -0.2) is 79.8 Å². The van der Waals surface area contributed by atoms with Gasteiger partial charge in [0.05, 0.1) is 33.5 Å². The van der Waals surface area contributed by atoms with Crippen molar-refractivity contribution >= 4 is 40.9 Å². The lowest BCUT2D eigenvalue weighted by Crippen LogP contribution is -2.40. The summed E-state index contributed by atoms with van der Waals surface area (Å²) < 4.78 is 16.1. The first-order valence-electron chi connectivity index (χ1n) is 10.1. The first-order chi connectivity index (χ1) is 15.2. The fourth-order valence-electron chi connectivity index (χ4n) is 3.17. The quantitative estimate of drug-likeness (QED) is 0.433. The van der Waals surface area contributed by atoms with Crippen LogP contribution in [0.15, 0.2) is 24.3 Å². The lowest BCUT2D eigenvalue weighted by Gasteiger charge is -2.30. The number of benzene rings is 1. The van der Waals surface area contributed by atoms with Crippen molar-refractivity contribution < 1.29 is 14.2 Å². The van der Waals surface area contributed by atoms with Crippen LogP contribution in [0.25, 0.3) is 0 Å². The number of methoxy groups -OCH3 is 1. The number of aromatic nitrogens is 3. The summed E-state index contributed by atoms with van der Waals surface area (Å²) in [6.45, 7) is 5.53. The summed E-state index contributed by atoms with van der Waals surface area (Å²) in [6, 6.07) is 7.47. The van der Waals surface area contributed by atoms with Crippen molar-refractivity contribution in [2.24, 2.45) is 0 Å². The second kappa shape index (κ2) is 10.4. The molecule has 2 fully saturated rings. The van der Waals surface area contributed by atoms with Gasteiger partial charge < -0.3 is 29.3 Å². The van der Waals surface area contributed by atoms with Gasteiger partial charge in [0.25, 0.3) is 0 Å². The molecule has 4 rings (SSSR count). The molecule has 3 N–H and O–H groups in total. The van der Waals surface area contributed by atoms with E-state index in [9.17, 15) is 0 Å². The summed E-state index contributed by atoms with van der Waals surface area (Å²) in [4.78, 5) is 18.0. The van der Waals surface area contributed by atoms with Crippen LogP contribution in [0.4, 0.5) is 23.5 Å². The highest BCUT2D eigenvalue weighted by Crippen LogP contribution is 2.19. The summed E-state index contributed by atoms with van der Waals surface area (Å²) in [5.74, 6) is 2.38. The minimum Gasteiger partial charge on any atom is -0.497 e. The van der Waals surface area contributed by atoms with E-state index in [2.05, 4.69) is 40.9 Å². The van der Waals surface area contributed by atoms with Gasteiger partial charge in [-0.2, -0.15) is 15.0 Å². The van der Waals surface area contributed by atoms with Gasteiger partial charge in [-0.1, -0.05) is 0 Å². The molecule has 0 unspecified atom stereocenters. The number of nitrogens with one attached hydrogen (secondary N) is 3. The number of hydrogen-bond donors (Lipinski definition) is 3. The molecule has 0 bridgehead atoms. The Hall–Kier alpha value is -2.96. The molecular formula is C19H26N8O3S. The number of anilines is 4. The second-order valence-electron chi connectivity index (χ2n) is 6.89. The number of morpholine rings is 2. The zero-order valence-electron chi connectivity index (χ0n) is 17.3. The minimum atomic E-state index is 0.381. The van der Waals surface area contributed by atoms with Gasteiger partial charge in [0.2, 0.25) is 17.8 Å². The van der Waals surface area contributed by atoms with E-state index in [4.69, 9.17) is 26.4 Å². The average Bonchev–Trinajstić information content (AvgIpc) is 2.84. The van der Waals surface area contributed by atoms with Crippen LogP contribution in [0.2, 0.25) is 0 Å². The Morgan fingerprint density at radius 1 is 0.903 bits per heavy atom. The number of hydrogen-bond acceptors (Lipinski definition) is 10. The molecular weight excluding hydrogens is 420 g/mol. The third-order valence-electron chi connectivity index (χ3n) is 4.84. The second-order valence-corrected chi connectivity index (χ2v) is 7.30. The topological polar surface area (TPSA) is 109 Å². The fraction of sp³-hybridized carbons (Fsp3) is 0.474. The number of nitrogens with zero attached hydrogens (tertiary/aromatic N) is 5. The fourth-order valence-corrected chi connectivity index (χ4v) is 3.34. The molecule has 1 aromatic carbocycles. The van der Waals surface area contributed by atoms with E-state index in [1.54, 1.807) is 7.11 Å². The van der Waals surface area contributed by atoms with Crippen LogP contribution < -0.4 is 30.7 Å². The maximum Gasteiger partial charge on any atom is 0.248 e. The van der Waals surface area contributed by atoms with Crippen molar-refractivity contribution in [2.75, 3.05) is 80.3 Å². The standard InChI is InChI=1S/C19H26N8O3S/c1-28-15-4-2-14(3-5-15)20-19(31)25-24-16-21-17(26-6-10-29-11-7-26)23-18(22-16)27-8-12-30-13-9-27/h2-5H,6-13H2,1H3,(H2,20,25,31)(H,21,22,23,24). The monoisotopic (exact) mass is 446 g/mol. The van der Waals surface area contributed by atoms with Crippen LogP contribution in [0.5, 0.6) is 5.75 Å². The van der Waals surface area contributed by atoms with Gasteiger partial charge in [-0.3, -0.25) is 10.9 Å². The molecule has 166 valence electrons. The molecule has 1 aromatic heterocycles. The third kappa shape index (κ3) is 5.81. The zero-order valence-corrected chi connectivity index (χ0v) is 18.2. The molecule has 2 saturated heterocycles. The smallest absolute Gasteiger partial charge is 0.248 e. The molecule has 2 aliphatic heterocycles. The number of ether oxygens (including phenoxy) is 3. The predicted molar refractivity (Wildman–Crippen MR) is 122 cm³/mol. The van der Waals surface area contributed by atoms with Crippen molar-refractivity contribution in [1.82, 2.24) is 20.4 Å². The van der Waals surface area contributed by atoms with Gasteiger partial charge >= 0.3 is 0 Å². The number of hydrazine groups is 1. The summed E-state index contributed by atoms with van der Waals surface area (Å²) in [7, 11) is 1.63. The van der Waals surface area contributed by atoms with Crippen molar-refractivity contribution in [1.29, 1.82) is 0 Å². The van der Waals surface area contributed by atoms with E-state index in [1.165, 1.54) is 0 Å². The van der Waals surface area contributed by atoms with E-state index < -0.39 is 0 Å². The van der Waals surface area contributed by atoms with Crippen LogP contribution in [-0.2, 0) is 9.47 Å². The Bertz CT molecular complexity index is 837. The van der Waals surface area contributed by atoms with Crippen molar-refractivity contribution in [3.05, 3.63) is 24.3 Å². The number of thiocarbonyl (C=S) groups is 1. The molecule has 31 heavy (non-hydrogen) atoms. The first kappa shape index (κ1) is 21.3. The Labute approximate surface area is 186 Å². The van der Waals surface area contributed by atoms with Gasteiger partial charge in [-0.05, 0) is 36.5 Å². The summed E-state index contributed by atoms with van der Waals surface area (Å²) in [5, 5.41) is 3.48. The molecule has 11 nitrogen and oxygen atoms in total. The van der Waals surface area contributed by atoms with Crippen molar-refractivity contribution in [3.8, 4) is 5.75 Å². The van der Waals surface area contributed by atoms with Crippen LogP contribution >= 0.6 is 12.2 Å². The molecule has 0 aliphatic carbocycles. The van der Waals surface area contributed by atoms with Crippen LogP contribution in [0, 0.1) is 0 Å². The molecule has 3 heterocycles. The summed E-state index contributed by atoms with van der Waals surface area (Å²) in [5.41, 5.74) is 6.76. The predicted octanol–water partition coefficient (Wildman–Crippen LogP) is 0.867. The molecule has 12 heteroatoms. The molecule has 2 aromatic rings. The van der Waals surface area contributed by atoms with Gasteiger partial charge in [-0.25, -0.2) is 0 Å². The Kier molecular flexibility index (Phi) is 7.12. The SMILES string of the molecule is COc1ccc(NC(=S)NNc2nc(N3CCOCC3)nc(N3CCOCC3)n2)cc1. The van der Waals surface area contributed by atoms with E-state index >= 15 is 0 Å². The molecule has 2 aliphatic rings. The maximum absolute atomic E-state index is 5.45. The van der Waals surface area contributed by atoms with Gasteiger partial charge in [-0.15, -0.1) is 0 Å². The largest absolute Gasteiger partial charge is 0.497 e. The maximum atomic E-state index is 5.45. The van der Waals surface area contributed by atoms with E-state index in [1.807, 2.05) is 24.3 Å². The molecule has 0 atom stereocenters. The zero-order chi connectivity index (χ0) is 21.5. The number of rotatable bonds is 6. The summed E-state index contributed by atoms with van der Waals surface area (Å²) in [6.07, 6.45) is 0. The van der Waals surface area contributed by atoms with Crippen LogP contribution in [0.1, 0.15) is 0 Å². The molecule has 0 radical (unpaired) electrons. The summed E-state index contributed by atoms with van der Waals surface area (Å²) >= 11 is 5.37. The normalized spacial score (nSPS) is 16.5. The lowest BCUT2D eigenvalue weighted by molar-refractivity contribution is 0.121. The average molecular weight is 447 g/mol. The van der Waals surface area contributed by atoms with Crippen LogP contribution in [0.3, 0.4) is 0 Å².